The number of nitrogens with two attached hydrogens (primary N) is 1. The van der Waals surface area contributed by atoms with E-state index in [9.17, 15) is 0 Å². The summed E-state index contributed by atoms with van der Waals surface area (Å²) in [5, 5.41) is 4.66. The van der Waals surface area contributed by atoms with Gasteiger partial charge in [0.25, 0.3) is 0 Å². The number of anilines is 1. The van der Waals surface area contributed by atoms with E-state index in [2.05, 4.69) is 91.7 Å². The third-order valence-electron chi connectivity index (χ3n) is 6.82. The largest absolute Gasteiger partial charge is 0.351 e. The molecule has 5 heteroatoms. The smallest absolute Gasteiger partial charge is 0.162 e. The van der Waals surface area contributed by atoms with E-state index in [0.29, 0.717) is 18.6 Å². The average Bonchev–Trinajstić information content (AvgIpc) is 2.89. The molecule has 2 unspecified atom stereocenters. The Morgan fingerprint density at radius 3 is 2.44 bits per heavy atom. The summed E-state index contributed by atoms with van der Waals surface area (Å²) in [7, 11) is 0. The van der Waals surface area contributed by atoms with E-state index in [1.54, 1.807) is 0 Å². The molecule has 2 aromatic carbocycles. The van der Waals surface area contributed by atoms with Gasteiger partial charge in [-0.25, -0.2) is 9.97 Å². The van der Waals surface area contributed by atoms with Crippen molar-refractivity contribution >= 4 is 16.9 Å². The van der Waals surface area contributed by atoms with Crippen LogP contribution in [0.2, 0.25) is 0 Å². The van der Waals surface area contributed by atoms with E-state index < -0.39 is 0 Å². The summed E-state index contributed by atoms with van der Waals surface area (Å²) in [5.41, 5.74) is 13.3. The van der Waals surface area contributed by atoms with Gasteiger partial charge in [0.05, 0.1) is 5.69 Å². The Kier molecular flexibility index (Phi) is 6.31. The fourth-order valence-electron chi connectivity index (χ4n) is 4.82. The highest BCUT2D eigenvalue weighted by atomic mass is 15.3. The summed E-state index contributed by atoms with van der Waals surface area (Å²) >= 11 is 0. The van der Waals surface area contributed by atoms with Crippen LogP contribution in [0.25, 0.3) is 33.4 Å². The van der Waals surface area contributed by atoms with Crippen LogP contribution in [0, 0.1) is 0 Å². The number of nitrogens with zero attached hydrogens (tertiary/aromatic N) is 3. The first-order chi connectivity index (χ1) is 16.6. The summed E-state index contributed by atoms with van der Waals surface area (Å²) in [6.07, 6.45) is 0.937. The zero-order chi connectivity index (χ0) is 23.7. The van der Waals surface area contributed by atoms with Crippen molar-refractivity contribution in [3.8, 4) is 22.4 Å². The number of rotatable bonds is 5. The van der Waals surface area contributed by atoms with Crippen LogP contribution in [0.3, 0.4) is 0 Å². The number of fused-ring (bicyclic) bond motifs is 1. The van der Waals surface area contributed by atoms with Gasteiger partial charge in [-0.3, -0.25) is 0 Å². The molecule has 1 aliphatic rings. The van der Waals surface area contributed by atoms with E-state index in [4.69, 9.17) is 15.7 Å². The van der Waals surface area contributed by atoms with Crippen LogP contribution in [0.1, 0.15) is 31.9 Å². The molecule has 174 valence electrons. The first-order valence-electron chi connectivity index (χ1n) is 12.3. The van der Waals surface area contributed by atoms with Gasteiger partial charge in [0.15, 0.2) is 5.65 Å². The number of benzene rings is 2. The second-order valence-electron chi connectivity index (χ2n) is 9.33. The van der Waals surface area contributed by atoms with Gasteiger partial charge < -0.3 is 16.0 Å². The predicted molar refractivity (Wildman–Crippen MR) is 142 cm³/mol. The molecule has 0 radical (unpaired) electrons. The Balaban J connectivity index is 1.71. The highest BCUT2D eigenvalue weighted by molar-refractivity contribution is 5.91. The molecule has 34 heavy (non-hydrogen) atoms. The molecule has 5 nitrogen and oxygen atoms in total. The molecule has 0 aliphatic carbocycles. The lowest BCUT2D eigenvalue weighted by atomic mass is 9.97. The van der Waals surface area contributed by atoms with Gasteiger partial charge in [0.1, 0.15) is 5.82 Å². The molecule has 0 saturated carbocycles. The molecule has 1 saturated heterocycles. The zero-order valence-corrected chi connectivity index (χ0v) is 20.3. The molecule has 0 bridgehead atoms. The van der Waals surface area contributed by atoms with Crippen molar-refractivity contribution in [3.05, 3.63) is 77.9 Å². The third-order valence-corrected chi connectivity index (χ3v) is 6.82. The van der Waals surface area contributed by atoms with Gasteiger partial charge in [0, 0.05) is 48.2 Å². The van der Waals surface area contributed by atoms with Crippen molar-refractivity contribution in [2.45, 2.75) is 45.8 Å². The van der Waals surface area contributed by atoms with Crippen molar-refractivity contribution in [2.75, 3.05) is 18.0 Å². The average molecular weight is 452 g/mol. The Labute approximate surface area is 202 Å². The second kappa shape index (κ2) is 9.53. The molecule has 5 rings (SSSR count). The van der Waals surface area contributed by atoms with Gasteiger partial charge in [-0.05, 0) is 49.1 Å². The van der Waals surface area contributed by atoms with E-state index in [-0.39, 0.29) is 0 Å². The van der Waals surface area contributed by atoms with Gasteiger partial charge >= 0.3 is 0 Å². The highest BCUT2D eigenvalue weighted by Crippen LogP contribution is 2.35. The summed E-state index contributed by atoms with van der Waals surface area (Å²) in [6, 6.07) is 24.3. The fraction of sp³-hybridized carbons (Fsp3) is 0.310. The number of piperazine rings is 1. The monoisotopic (exact) mass is 451 g/mol. The summed E-state index contributed by atoms with van der Waals surface area (Å²) in [6.45, 7) is 9.15. The van der Waals surface area contributed by atoms with Gasteiger partial charge in [0.2, 0.25) is 0 Å². The molecule has 0 spiro atoms. The molecule has 3 heterocycles. The van der Waals surface area contributed by atoms with Crippen LogP contribution in [-0.2, 0) is 13.0 Å². The standard InChI is InChI=1S/C29H33N5/c1-4-22-14-25-15-26(23-8-6-5-7-9-23)27(24-12-10-21(16-30)11-13-24)32-28(25)33-29(22)34-18-19(2)31-17-20(34)3/h5-15,19-20,31H,4,16-18,30H2,1-3H3. The zero-order valence-electron chi connectivity index (χ0n) is 20.3. The van der Waals surface area contributed by atoms with E-state index in [1.807, 2.05) is 6.07 Å². The maximum absolute atomic E-state index is 5.83. The highest BCUT2D eigenvalue weighted by Gasteiger charge is 2.26. The number of aromatic nitrogens is 2. The molecule has 4 aromatic rings. The molecule has 2 atom stereocenters. The van der Waals surface area contributed by atoms with Gasteiger partial charge in [-0.2, -0.15) is 0 Å². The maximum Gasteiger partial charge on any atom is 0.162 e. The third kappa shape index (κ3) is 4.29. The Hall–Kier alpha value is -3.28. The lowest BCUT2D eigenvalue weighted by Gasteiger charge is -2.39. The minimum absolute atomic E-state index is 0.387. The normalized spacial score (nSPS) is 18.4. The Morgan fingerprint density at radius 2 is 1.74 bits per heavy atom. The summed E-state index contributed by atoms with van der Waals surface area (Å²) in [5.74, 6) is 1.07. The number of hydrogen-bond donors (Lipinski definition) is 2. The van der Waals surface area contributed by atoms with E-state index in [1.165, 1.54) is 5.56 Å². The van der Waals surface area contributed by atoms with E-state index in [0.717, 1.165) is 64.3 Å². The maximum atomic E-state index is 5.83. The summed E-state index contributed by atoms with van der Waals surface area (Å²) < 4.78 is 0. The van der Waals surface area contributed by atoms with Crippen molar-refractivity contribution in [1.82, 2.24) is 15.3 Å². The minimum atomic E-state index is 0.387. The van der Waals surface area contributed by atoms with Crippen molar-refractivity contribution in [2.24, 2.45) is 5.73 Å². The van der Waals surface area contributed by atoms with Gasteiger partial charge in [-0.1, -0.05) is 61.5 Å². The van der Waals surface area contributed by atoms with Crippen LogP contribution in [0.5, 0.6) is 0 Å². The van der Waals surface area contributed by atoms with Crippen LogP contribution >= 0.6 is 0 Å². The topological polar surface area (TPSA) is 67.1 Å². The number of hydrogen-bond acceptors (Lipinski definition) is 5. The molecule has 1 fully saturated rings. The van der Waals surface area contributed by atoms with Crippen molar-refractivity contribution in [3.63, 3.8) is 0 Å². The second-order valence-corrected chi connectivity index (χ2v) is 9.33. The van der Waals surface area contributed by atoms with E-state index >= 15 is 0 Å². The SMILES string of the molecule is CCc1cc2cc(-c3ccccc3)c(-c3ccc(CN)cc3)nc2nc1N1CC(C)NCC1C. The van der Waals surface area contributed by atoms with Crippen LogP contribution in [-0.4, -0.2) is 35.1 Å². The summed E-state index contributed by atoms with van der Waals surface area (Å²) in [4.78, 5) is 12.8. The lowest BCUT2D eigenvalue weighted by molar-refractivity contribution is 0.422. The number of nitrogens with one attached hydrogen (secondary N) is 1. The Bertz CT molecular complexity index is 1280. The minimum Gasteiger partial charge on any atom is -0.351 e. The predicted octanol–water partition coefficient (Wildman–Crippen LogP) is 5.17. The van der Waals surface area contributed by atoms with Crippen molar-refractivity contribution in [1.29, 1.82) is 0 Å². The van der Waals surface area contributed by atoms with Crippen LogP contribution in [0.4, 0.5) is 5.82 Å². The quantitative estimate of drug-likeness (QED) is 0.438. The molecular weight excluding hydrogens is 418 g/mol. The number of aryl methyl sites for hydroxylation is 1. The van der Waals surface area contributed by atoms with Gasteiger partial charge in [-0.15, -0.1) is 0 Å². The number of pyridine rings is 2. The molecule has 1 aliphatic heterocycles. The lowest BCUT2D eigenvalue weighted by Crippen LogP contribution is -2.55. The van der Waals surface area contributed by atoms with Crippen LogP contribution < -0.4 is 16.0 Å². The first kappa shape index (κ1) is 22.5. The molecular formula is C29H33N5. The first-order valence-corrected chi connectivity index (χ1v) is 12.3. The molecule has 0 amide bonds. The van der Waals surface area contributed by atoms with Crippen molar-refractivity contribution < 1.29 is 0 Å². The molecule has 3 N–H and O–H groups in total. The Morgan fingerprint density at radius 1 is 0.971 bits per heavy atom. The van der Waals surface area contributed by atoms with Crippen LogP contribution in [0.15, 0.2) is 66.7 Å². The fourth-order valence-corrected chi connectivity index (χ4v) is 4.82. The molecule has 2 aromatic heterocycles.